The van der Waals surface area contributed by atoms with Crippen molar-refractivity contribution >= 4 is 11.8 Å². The van der Waals surface area contributed by atoms with Crippen LogP contribution < -0.4 is 10.6 Å². The van der Waals surface area contributed by atoms with Crippen LogP contribution in [0.15, 0.2) is 24.3 Å². The summed E-state index contributed by atoms with van der Waals surface area (Å²) in [7, 11) is 0. The van der Waals surface area contributed by atoms with E-state index < -0.39 is 11.7 Å². The van der Waals surface area contributed by atoms with Crippen molar-refractivity contribution in [1.82, 2.24) is 5.32 Å². The van der Waals surface area contributed by atoms with Crippen LogP contribution in [0.3, 0.4) is 0 Å². The van der Waals surface area contributed by atoms with Crippen LogP contribution in [0.4, 0.5) is 10.5 Å². The SMILES string of the molecule is CC(NC(C)C1(C)CC1)c1ccc(NC(=O)OC(C)(C)C)cc1. The van der Waals surface area contributed by atoms with E-state index in [1.165, 1.54) is 18.4 Å². The summed E-state index contributed by atoms with van der Waals surface area (Å²) in [6.07, 6.45) is 2.20. The van der Waals surface area contributed by atoms with Gasteiger partial charge in [-0.2, -0.15) is 0 Å². The molecule has 0 radical (unpaired) electrons. The van der Waals surface area contributed by atoms with Crippen molar-refractivity contribution in [3.63, 3.8) is 0 Å². The zero-order chi connectivity index (χ0) is 17.3. The van der Waals surface area contributed by atoms with E-state index in [-0.39, 0.29) is 6.04 Å². The van der Waals surface area contributed by atoms with Crippen molar-refractivity contribution in [2.75, 3.05) is 5.32 Å². The highest BCUT2D eigenvalue weighted by Crippen LogP contribution is 2.48. The fourth-order valence-corrected chi connectivity index (χ4v) is 2.58. The topological polar surface area (TPSA) is 50.4 Å². The maximum atomic E-state index is 11.8. The Kier molecular flexibility index (Phi) is 5.04. The number of hydrogen-bond donors (Lipinski definition) is 2. The molecule has 4 heteroatoms. The molecule has 1 aliphatic carbocycles. The van der Waals surface area contributed by atoms with Gasteiger partial charge in [-0.15, -0.1) is 0 Å². The average Bonchev–Trinajstić information content (AvgIpc) is 3.16. The molecular weight excluding hydrogens is 288 g/mol. The Bertz CT molecular complexity index is 541. The first-order chi connectivity index (χ1) is 10.6. The Labute approximate surface area is 140 Å². The molecule has 1 amide bonds. The molecule has 2 rings (SSSR count). The Morgan fingerprint density at radius 2 is 1.74 bits per heavy atom. The summed E-state index contributed by atoms with van der Waals surface area (Å²) in [5.74, 6) is 0. The Balaban J connectivity index is 1.89. The van der Waals surface area contributed by atoms with E-state index in [0.717, 1.165) is 5.69 Å². The van der Waals surface area contributed by atoms with Gasteiger partial charge in [0.1, 0.15) is 5.60 Å². The van der Waals surface area contributed by atoms with Crippen molar-refractivity contribution in [2.45, 2.75) is 72.1 Å². The molecule has 1 fully saturated rings. The molecule has 1 aromatic carbocycles. The summed E-state index contributed by atoms with van der Waals surface area (Å²) in [5.41, 5.74) is 1.94. The van der Waals surface area contributed by atoms with Crippen LogP contribution in [0.2, 0.25) is 0 Å². The molecule has 0 bridgehead atoms. The fourth-order valence-electron chi connectivity index (χ4n) is 2.58. The van der Waals surface area contributed by atoms with Crippen LogP contribution in [0, 0.1) is 5.41 Å². The lowest BCUT2D eigenvalue weighted by Gasteiger charge is -2.25. The van der Waals surface area contributed by atoms with Gasteiger partial charge in [0.05, 0.1) is 0 Å². The van der Waals surface area contributed by atoms with Crippen molar-refractivity contribution < 1.29 is 9.53 Å². The number of carbonyl (C=O) groups excluding carboxylic acids is 1. The van der Waals surface area contributed by atoms with E-state index in [9.17, 15) is 4.79 Å². The monoisotopic (exact) mass is 318 g/mol. The number of carbonyl (C=O) groups is 1. The van der Waals surface area contributed by atoms with Gasteiger partial charge in [0.15, 0.2) is 0 Å². The molecule has 4 nitrogen and oxygen atoms in total. The van der Waals surface area contributed by atoms with Gasteiger partial charge in [-0.05, 0) is 70.6 Å². The molecule has 1 saturated carbocycles. The third kappa shape index (κ3) is 5.24. The van der Waals surface area contributed by atoms with Gasteiger partial charge in [0.2, 0.25) is 0 Å². The zero-order valence-electron chi connectivity index (χ0n) is 15.2. The number of anilines is 1. The van der Waals surface area contributed by atoms with Crippen LogP contribution in [0.1, 0.15) is 66.0 Å². The highest BCUT2D eigenvalue weighted by Gasteiger charge is 2.42. The quantitative estimate of drug-likeness (QED) is 0.814. The molecule has 0 aliphatic heterocycles. The highest BCUT2D eigenvalue weighted by atomic mass is 16.6. The third-order valence-electron chi connectivity index (χ3n) is 4.64. The maximum Gasteiger partial charge on any atom is 0.412 e. The largest absolute Gasteiger partial charge is 0.444 e. The first kappa shape index (κ1) is 17.8. The summed E-state index contributed by atoms with van der Waals surface area (Å²) < 4.78 is 5.25. The van der Waals surface area contributed by atoms with Crippen LogP contribution in [-0.4, -0.2) is 17.7 Å². The van der Waals surface area contributed by atoms with E-state index in [4.69, 9.17) is 4.74 Å². The van der Waals surface area contributed by atoms with Gasteiger partial charge in [0.25, 0.3) is 0 Å². The van der Waals surface area contributed by atoms with Crippen LogP contribution in [-0.2, 0) is 4.74 Å². The van der Waals surface area contributed by atoms with Gasteiger partial charge >= 0.3 is 6.09 Å². The second-order valence-corrected chi connectivity index (χ2v) is 8.01. The molecule has 1 aliphatic rings. The summed E-state index contributed by atoms with van der Waals surface area (Å²) in [6, 6.07) is 8.73. The molecular formula is C19H30N2O2. The number of ether oxygens (including phenoxy) is 1. The number of hydrogen-bond acceptors (Lipinski definition) is 3. The van der Waals surface area contributed by atoms with E-state index >= 15 is 0 Å². The number of amides is 1. The lowest BCUT2D eigenvalue weighted by atomic mass is 9.98. The van der Waals surface area contributed by atoms with Crippen LogP contribution in [0.5, 0.6) is 0 Å². The van der Waals surface area contributed by atoms with Gasteiger partial charge in [-0.25, -0.2) is 4.79 Å². The summed E-state index contributed by atoms with van der Waals surface area (Å²) >= 11 is 0. The fraction of sp³-hybridized carbons (Fsp3) is 0.632. The normalized spacial score (nSPS) is 18.9. The highest BCUT2D eigenvalue weighted by molar-refractivity contribution is 5.84. The molecule has 2 unspecified atom stereocenters. The minimum Gasteiger partial charge on any atom is -0.444 e. The number of benzene rings is 1. The lowest BCUT2D eigenvalue weighted by molar-refractivity contribution is 0.0636. The van der Waals surface area contributed by atoms with Crippen LogP contribution >= 0.6 is 0 Å². The zero-order valence-corrected chi connectivity index (χ0v) is 15.2. The molecule has 0 aromatic heterocycles. The summed E-state index contributed by atoms with van der Waals surface area (Å²) in [5, 5.41) is 6.44. The molecule has 2 atom stereocenters. The van der Waals surface area contributed by atoms with Gasteiger partial charge in [0, 0.05) is 17.8 Å². The minimum atomic E-state index is -0.489. The smallest absolute Gasteiger partial charge is 0.412 e. The summed E-state index contributed by atoms with van der Waals surface area (Å²) in [6.45, 7) is 12.3. The predicted molar refractivity (Wildman–Crippen MR) is 94.7 cm³/mol. The van der Waals surface area contributed by atoms with Crippen molar-refractivity contribution in [2.24, 2.45) is 5.41 Å². The molecule has 1 aromatic rings. The molecule has 0 spiro atoms. The van der Waals surface area contributed by atoms with Crippen LogP contribution in [0.25, 0.3) is 0 Å². The van der Waals surface area contributed by atoms with E-state index in [1.807, 2.05) is 45.0 Å². The molecule has 0 saturated heterocycles. The van der Waals surface area contributed by atoms with E-state index in [2.05, 4.69) is 31.4 Å². The summed E-state index contributed by atoms with van der Waals surface area (Å²) in [4.78, 5) is 11.8. The number of rotatable bonds is 5. The Morgan fingerprint density at radius 3 is 2.22 bits per heavy atom. The molecule has 128 valence electrons. The van der Waals surface area contributed by atoms with Gasteiger partial charge in [-0.1, -0.05) is 19.1 Å². The van der Waals surface area contributed by atoms with Gasteiger partial charge in [-0.3, -0.25) is 5.32 Å². The van der Waals surface area contributed by atoms with Gasteiger partial charge < -0.3 is 10.1 Å². The first-order valence-corrected chi connectivity index (χ1v) is 8.45. The Morgan fingerprint density at radius 1 is 1.17 bits per heavy atom. The van der Waals surface area contributed by atoms with E-state index in [1.54, 1.807) is 0 Å². The maximum absolute atomic E-state index is 11.8. The second kappa shape index (κ2) is 6.52. The third-order valence-corrected chi connectivity index (χ3v) is 4.64. The first-order valence-electron chi connectivity index (χ1n) is 8.45. The number of nitrogens with one attached hydrogen (secondary N) is 2. The predicted octanol–water partition coefficient (Wildman–Crippen LogP) is 4.87. The van der Waals surface area contributed by atoms with E-state index in [0.29, 0.717) is 11.5 Å². The molecule has 23 heavy (non-hydrogen) atoms. The minimum absolute atomic E-state index is 0.290. The van der Waals surface area contributed by atoms with Crippen molar-refractivity contribution in [1.29, 1.82) is 0 Å². The average molecular weight is 318 g/mol. The lowest BCUT2D eigenvalue weighted by Crippen LogP contribution is -2.35. The standard InChI is InChI=1S/C19H30N2O2/c1-13(20-14(2)19(6)11-12-19)15-7-9-16(10-8-15)21-17(22)23-18(3,4)5/h7-10,13-14,20H,11-12H2,1-6H3,(H,21,22). The van der Waals surface area contributed by atoms with Crippen molar-refractivity contribution in [3.05, 3.63) is 29.8 Å². The van der Waals surface area contributed by atoms with Crippen molar-refractivity contribution in [3.8, 4) is 0 Å². The Hall–Kier alpha value is -1.55. The second-order valence-electron chi connectivity index (χ2n) is 8.01. The molecule has 2 N–H and O–H groups in total. The molecule has 0 heterocycles.